The zero-order chi connectivity index (χ0) is 29.8. The van der Waals surface area contributed by atoms with Gasteiger partial charge in [-0.15, -0.1) is 11.3 Å². The molecule has 2 aliphatic heterocycles. The molecular weight excluding hydrogens is 582 g/mol. The molecule has 11 heteroatoms. The standard InChI is InChI=1S/C32H36ClN7O2S/c1-3-29(41)34-23-5-4-6-26(19-23)42-31-30-28(11-18-43-30)36-32(37-31)35-24-8-7-22(27(33)20-24)21-39-14-16-40(17-15-39)25-9-12-38(2)13-10-25/h3-8,11,18-20,25H,1,9-10,12-17,21H2,2H3,(H,34,41)(H,35,36,37). The number of rotatable bonds is 9. The average Bonchev–Trinajstić information content (AvgIpc) is 3.49. The number of carbonyl (C=O) groups is 1. The van der Waals surface area contributed by atoms with E-state index in [1.54, 1.807) is 18.2 Å². The van der Waals surface area contributed by atoms with E-state index in [-0.39, 0.29) is 5.91 Å². The van der Waals surface area contributed by atoms with Crippen LogP contribution in [0, 0.1) is 0 Å². The van der Waals surface area contributed by atoms with Gasteiger partial charge in [-0.3, -0.25) is 14.6 Å². The Labute approximate surface area is 261 Å². The molecule has 4 aromatic rings. The molecule has 2 fully saturated rings. The van der Waals surface area contributed by atoms with E-state index in [4.69, 9.17) is 16.3 Å². The maximum absolute atomic E-state index is 11.7. The molecule has 0 aliphatic carbocycles. The summed E-state index contributed by atoms with van der Waals surface area (Å²) in [7, 11) is 2.22. The number of halogens is 1. The molecular formula is C32H36ClN7O2S. The average molecular weight is 618 g/mol. The van der Waals surface area contributed by atoms with Crippen LogP contribution in [0.4, 0.5) is 17.3 Å². The fourth-order valence-corrected chi connectivity index (χ4v) is 6.67. The van der Waals surface area contributed by atoms with Crippen LogP contribution in [0.15, 0.2) is 66.6 Å². The third kappa shape index (κ3) is 7.34. The number of ether oxygens (including phenoxy) is 1. The largest absolute Gasteiger partial charge is 0.437 e. The van der Waals surface area contributed by atoms with Crippen molar-refractivity contribution in [3.8, 4) is 11.6 Å². The van der Waals surface area contributed by atoms with Crippen LogP contribution in [0.2, 0.25) is 5.02 Å². The Morgan fingerprint density at radius 1 is 1.07 bits per heavy atom. The number of amides is 1. The number of anilines is 3. The van der Waals surface area contributed by atoms with Gasteiger partial charge in [0.05, 0.1) is 5.52 Å². The van der Waals surface area contributed by atoms with Crippen molar-refractivity contribution in [1.82, 2.24) is 24.7 Å². The van der Waals surface area contributed by atoms with E-state index in [1.807, 2.05) is 29.6 Å². The Hall–Kier alpha value is -3.54. The normalized spacial score (nSPS) is 17.2. The number of piperazine rings is 1. The summed E-state index contributed by atoms with van der Waals surface area (Å²) in [6, 6.07) is 15.8. The number of fused-ring (bicyclic) bond motifs is 1. The van der Waals surface area contributed by atoms with Gasteiger partial charge >= 0.3 is 0 Å². The zero-order valence-corrected chi connectivity index (χ0v) is 25.8. The molecule has 43 heavy (non-hydrogen) atoms. The third-order valence-electron chi connectivity index (χ3n) is 8.09. The van der Waals surface area contributed by atoms with Crippen LogP contribution in [0.3, 0.4) is 0 Å². The van der Waals surface area contributed by atoms with Gasteiger partial charge in [-0.1, -0.05) is 30.3 Å². The predicted molar refractivity (Wildman–Crippen MR) is 175 cm³/mol. The SMILES string of the molecule is C=CC(=O)Nc1cccc(Oc2nc(Nc3ccc(CN4CCN(C5CCN(C)CC5)CC4)c(Cl)c3)nc3ccsc23)c1. The molecule has 2 aromatic carbocycles. The molecule has 224 valence electrons. The first-order valence-corrected chi connectivity index (χ1v) is 15.9. The summed E-state index contributed by atoms with van der Waals surface area (Å²) in [5, 5.41) is 8.72. The Balaban J connectivity index is 1.10. The van der Waals surface area contributed by atoms with Gasteiger partial charge < -0.3 is 20.3 Å². The van der Waals surface area contributed by atoms with Crippen LogP contribution >= 0.6 is 22.9 Å². The van der Waals surface area contributed by atoms with Gasteiger partial charge in [0, 0.05) is 61.2 Å². The molecule has 0 saturated carbocycles. The summed E-state index contributed by atoms with van der Waals surface area (Å²) < 4.78 is 7.00. The van der Waals surface area contributed by atoms with Crippen LogP contribution < -0.4 is 15.4 Å². The van der Waals surface area contributed by atoms with Crippen molar-refractivity contribution in [3.05, 3.63) is 77.2 Å². The first kappa shape index (κ1) is 29.5. The maximum atomic E-state index is 11.7. The summed E-state index contributed by atoms with van der Waals surface area (Å²) in [4.78, 5) is 28.7. The topological polar surface area (TPSA) is 85.9 Å². The van der Waals surface area contributed by atoms with E-state index in [0.29, 0.717) is 28.3 Å². The molecule has 0 bridgehead atoms. The van der Waals surface area contributed by atoms with Crippen molar-refractivity contribution >= 4 is 56.4 Å². The van der Waals surface area contributed by atoms with Gasteiger partial charge in [-0.05, 0) is 80.3 Å². The molecule has 2 aromatic heterocycles. The number of likely N-dealkylation sites (tertiary alicyclic amines) is 1. The number of piperidine rings is 1. The molecule has 2 N–H and O–H groups in total. The predicted octanol–water partition coefficient (Wildman–Crippen LogP) is 6.22. The molecule has 9 nitrogen and oxygen atoms in total. The molecule has 0 radical (unpaired) electrons. The second kappa shape index (κ2) is 13.4. The summed E-state index contributed by atoms with van der Waals surface area (Å²) in [6.07, 6.45) is 3.77. The number of benzene rings is 2. The minimum absolute atomic E-state index is 0.290. The second-order valence-electron chi connectivity index (χ2n) is 11.1. The number of carbonyl (C=O) groups excluding carboxylic acids is 1. The Bertz CT molecular complexity index is 1600. The van der Waals surface area contributed by atoms with Gasteiger partial charge in [-0.25, -0.2) is 4.98 Å². The lowest BCUT2D eigenvalue weighted by Gasteiger charge is -2.42. The van der Waals surface area contributed by atoms with Crippen molar-refractivity contribution in [1.29, 1.82) is 0 Å². The van der Waals surface area contributed by atoms with E-state index in [1.165, 1.54) is 43.3 Å². The number of hydrogen-bond acceptors (Lipinski definition) is 9. The van der Waals surface area contributed by atoms with Crippen molar-refractivity contribution in [2.45, 2.75) is 25.4 Å². The number of aromatic nitrogens is 2. The van der Waals surface area contributed by atoms with Crippen LogP contribution in [0.1, 0.15) is 18.4 Å². The summed E-state index contributed by atoms with van der Waals surface area (Å²) >= 11 is 8.28. The van der Waals surface area contributed by atoms with Crippen molar-refractivity contribution in [2.75, 3.05) is 56.9 Å². The monoisotopic (exact) mass is 617 g/mol. The number of hydrogen-bond donors (Lipinski definition) is 2. The molecule has 2 saturated heterocycles. The van der Waals surface area contributed by atoms with Crippen molar-refractivity contribution in [2.24, 2.45) is 0 Å². The quantitative estimate of drug-likeness (QED) is 0.214. The van der Waals surface area contributed by atoms with Crippen molar-refractivity contribution < 1.29 is 9.53 Å². The lowest BCUT2D eigenvalue weighted by atomic mass is 10.0. The van der Waals surface area contributed by atoms with E-state index in [0.717, 1.165) is 60.2 Å². The highest BCUT2D eigenvalue weighted by Crippen LogP contribution is 2.34. The highest BCUT2D eigenvalue weighted by atomic mass is 35.5. The van der Waals surface area contributed by atoms with Gasteiger partial charge in [0.1, 0.15) is 10.4 Å². The van der Waals surface area contributed by atoms with Crippen LogP contribution in [0.5, 0.6) is 11.6 Å². The Morgan fingerprint density at radius 3 is 2.65 bits per heavy atom. The van der Waals surface area contributed by atoms with E-state index in [2.05, 4.69) is 55.0 Å². The first-order valence-electron chi connectivity index (χ1n) is 14.6. The lowest BCUT2D eigenvalue weighted by Crippen LogP contribution is -2.52. The Kier molecular flexibility index (Phi) is 9.20. The van der Waals surface area contributed by atoms with E-state index in [9.17, 15) is 4.79 Å². The molecule has 0 spiro atoms. The molecule has 1 amide bonds. The number of thiophene rings is 1. The summed E-state index contributed by atoms with van der Waals surface area (Å²) in [5.74, 6) is 1.09. The molecule has 6 rings (SSSR count). The molecule has 2 aliphatic rings. The van der Waals surface area contributed by atoms with Crippen LogP contribution in [-0.4, -0.2) is 82.9 Å². The molecule has 0 unspecified atom stereocenters. The van der Waals surface area contributed by atoms with Gasteiger partial charge in [0.2, 0.25) is 17.7 Å². The van der Waals surface area contributed by atoms with Crippen LogP contribution in [-0.2, 0) is 11.3 Å². The minimum Gasteiger partial charge on any atom is -0.437 e. The first-order chi connectivity index (χ1) is 20.9. The maximum Gasteiger partial charge on any atom is 0.247 e. The number of nitrogens with zero attached hydrogens (tertiary/aromatic N) is 5. The fraction of sp³-hybridized carbons (Fsp3) is 0.344. The van der Waals surface area contributed by atoms with Crippen LogP contribution in [0.25, 0.3) is 10.2 Å². The van der Waals surface area contributed by atoms with Gasteiger partial charge in [-0.2, -0.15) is 4.98 Å². The summed E-state index contributed by atoms with van der Waals surface area (Å²) in [6.45, 7) is 11.1. The third-order valence-corrected chi connectivity index (χ3v) is 9.33. The fourth-order valence-electron chi connectivity index (χ4n) is 5.67. The minimum atomic E-state index is -0.290. The smallest absolute Gasteiger partial charge is 0.247 e. The Morgan fingerprint density at radius 2 is 1.88 bits per heavy atom. The highest BCUT2D eigenvalue weighted by Gasteiger charge is 2.26. The van der Waals surface area contributed by atoms with Gasteiger partial charge in [0.15, 0.2) is 0 Å². The van der Waals surface area contributed by atoms with Gasteiger partial charge in [0.25, 0.3) is 0 Å². The molecule has 0 atom stereocenters. The highest BCUT2D eigenvalue weighted by molar-refractivity contribution is 7.17. The van der Waals surface area contributed by atoms with Crippen molar-refractivity contribution in [3.63, 3.8) is 0 Å². The van der Waals surface area contributed by atoms with E-state index < -0.39 is 0 Å². The second-order valence-corrected chi connectivity index (χ2v) is 12.4. The lowest BCUT2D eigenvalue weighted by molar-refractivity contribution is -0.111. The summed E-state index contributed by atoms with van der Waals surface area (Å²) in [5.41, 5.74) is 3.29. The van der Waals surface area contributed by atoms with E-state index >= 15 is 0 Å². The molecule has 4 heterocycles. The zero-order valence-electron chi connectivity index (χ0n) is 24.3. The number of nitrogens with one attached hydrogen (secondary N) is 2.